The normalized spacial score (nSPS) is 11.2. The highest BCUT2D eigenvalue weighted by molar-refractivity contribution is 6.12. The lowest BCUT2D eigenvalue weighted by Gasteiger charge is -2.10. The molecule has 0 fully saturated rings. The fourth-order valence-electron chi connectivity index (χ4n) is 3.58. The Morgan fingerprint density at radius 1 is 0.938 bits per heavy atom. The summed E-state index contributed by atoms with van der Waals surface area (Å²) in [4.78, 5) is 22.5. The molecule has 3 aromatic heterocycles. The molecule has 0 aliphatic rings. The standard InChI is InChI=1S/C25H21N5O2/c1-16(2)30-23-20(14-26-30)19(13-21(27-23)17-9-5-3-6-10-17)24(31)29-25-28-22(15-32-25)18-11-7-4-8-12-18/h3-16H,1-2H3,(H,28,29,31). The summed E-state index contributed by atoms with van der Waals surface area (Å²) < 4.78 is 7.32. The van der Waals surface area contributed by atoms with E-state index in [1.807, 2.05) is 79.2 Å². The van der Waals surface area contributed by atoms with Gasteiger partial charge < -0.3 is 4.42 Å². The molecule has 32 heavy (non-hydrogen) atoms. The average Bonchev–Trinajstić information content (AvgIpc) is 3.47. The minimum absolute atomic E-state index is 0.0992. The van der Waals surface area contributed by atoms with Crippen molar-refractivity contribution in [1.82, 2.24) is 19.7 Å². The second-order valence-corrected chi connectivity index (χ2v) is 7.70. The Kier molecular flexibility index (Phi) is 4.99. The van der Waals surface area contributed by atoms with E-state index < -0.39 is 0 Å². The number of pyridine rings is 1. The third-order valence-corrected chi connectivity index (χ3v) is 5.16. The Balaban J connectivity index is 1.54. The predicted molar refractivity (Wildman–Crippen MR) is 123 cm³/mol. The van der Waals surface area contributed by atoms with Gasteiger partial charge in [0.05, 0.1) is 22.8 Å². The van der Waals surface area contributed by atoms with E-state index in [-0.39, 0.29) is 18.0 Å². The maximum atomic E-state index is 13.3. The van der Waals surface area contributed by atoms with E-state index >= 15 is 0 Å². The van der Waals surface area contributed by atoms with Gasteiger partial charge in [-0.05, 0) is 19.9 Å². The van der Waals surface area contributed by atoms with Gasteiger partial charge in [-0.2, -0.15) is 10.1 Å². The first-order valence-corrected chi connectivity index (χ1v) is 10.4. The van der Waals surface area contributed by atoms with Crippen LogP contribution in [0.25, 0.3) is 33.5 Å². The number of anilines is 1. The van der Waals surface area contributed by atoms with Crippen LogP contribution in [0.3, 0.4) is 0 Å². The van der Waals surface area contributed by atoms with Crippen molar-refractivity contribution in [2.24, 2.45) is 0 Å². The van der Waals surface area contributed by atoms with Crippen LogP contribution in [-0.4, -0.2) is 25.7 Å². The Labute approximate surface area is 184 Å². The van der Waals surface area contributed by atoms with Crippen LogP contribution in [-0.2, 0) is 0 Å². The van der Waals surface area contributed by atoms with E-state index in [1.54, 1.807) is 12.3 Å². The second kappa shape index (κ2) is 8.11. The van der Waals surface area contributed by atoms with Crippen LogP contribution < -0.4 is 5.32 Å². The number of hydrogen-bond acceptors (Lipinski definition) is 5. The van der Waals surface area contributed by atoms with Crippen molar-refractivity contribution in [2.75, 3.05) is 5.32 Å². The van der Waals surface area contributed by atoms with Gasteiger partial charge in [0, 0.05) is 17.2 Å². The predicted octanol–water partition coefficient (Wildman–Crippen LogP) is 5.59. The van der Waals surface area contributed by atoms with Gasteiger partial charge >= 0.3 is 6.01 Å². The molecule has 0 bridgehead atoms. The van der Waals surface area contributed by atoms with E-state index in [4.69, 9.17) is 9.40 Å². The van der Waals surface area contributed by atoms with E-state index in [9.17, 15) is 4.79 Å². The number of fused-ring (bicyclic) bond motifs is 1. The molecule has 7 heteroatoms. The Bertz CT molecular complexity index is 1390. The van der Waals surface area contributed by atoms with Crippen LogP contribution in [0.15, 0.2) is 83.6 Å². The SMILES string of the molecule is CC(C)n1ncc2c(C(=O)Nc3nc(-c4ccccc4)co3)cc(-c3ccccc3)nc21. The number of benzene rings is 2. The summed E-state index contributed by atoms with van der Waals surface area (Å²) in [5.41, 5.74) is 4.29. The highest BCUT2D eigenvalue weighted by atomic mass is 16.4. The maximum Gasteiger partial charge on any atom is 0.302 e. The number of rotatable bonds is 5. The van der Waals surface area contributed by atoms with Crippen LogP contribution >= 0.6 is 0 Å². The first kappa shape index (κ1) is 19.7. The Morgan fingerprint density at radius 2 is 1.59 bits per heavy atom. The van der Waals surface area contributed by atoms with E-state index in [2.05, 4.69) is 15.4 Å². The first-order valence-electron chi connectivity index (χ1n) is 10.4. The molecule has 158 valence electrons. The smallest absolute Gasteiger partial charge is 0.302 e. The van der Waals surface area contributed by atoms with Crippen LogP contribution in [0.2, 0.25) is 0 Å². The number of hydrogen-bond donors (Lipinski definition) is 1. The Hall–Kier alpha value is -4.26. The minimum Gasteiger partial charge on any atom is -0.431 e. The topological polar surface area (TPSA) is 85.8 Å². The number of nitrogens with one attached hydrogen (secondary N) is 1. The van der Waals surface area contributed by atoms with E-state index in [1.165, 1.54) is 6.26 Å². The first-order chi connectivity index (χ1) is 15.6. The van der Waals surface area contributed by atoms with Gasteiger partial charge in [0.25, 0.3) is 5.91 Å². The lowest BCUT2D eigenvalue weighted by molar-refractivity contribution is 0.102. The summed E-state index contributed by atoms with van der Waals surface area (Å²) in [5.74, 6) is -0.334. The summed E-state index contributed by atoms with van der Waals surface area (Å²) in [6.45, 7) is 4.06. The van der Waals surface area contributed by atoms with Gasteiger partial charge in [0.1, 0.15) is 12.0 Å². The zero-order chi connectivity index (χ0) is 22.1. The summed E-state index contributed by atoms with van der Waals surface area (Å²) in [6, 6.07) is 21.4. The third-order valence-electron chi connectivity index (χ3n) is 5.16. The van der Waals surface area contributed by atoms with Crippen molar-refractivity contribution < 1.29 is 9.21 Å². The summed E-state index contributed by atoms with van der Waals surface area (Å²) in [7, 11) is 0. The molecule has 0 spiro atoms. The number of nitrogens with zero attached hydrogens (tertiary/aromatic N) is 4. The monoisotopic (exact) mass is 423 g/mol. The zero-order valence-corrected chi connectivity index (χ0v) is 17.7. The molecule has 1 amide bonds. The van der Waals surface area contributed by atoms with Crippen molar-refractivity contribution in [1.29, 1.82) is 0 Å². The molecule has 2 aromatic carbocycles. The summed E-state index contributed by atoms with van der Waals surface area (Å²) >= 11 is 0. The number of oxazole rings is 1. The fourth-order valence-corrected chi connectivity index (χ4v) is 3.58. The minimum atomic E-state index is -0.334. The number of carbonyl (C=O) groups excluding carboxylic acids is 1. The quantitative estimate of drug-likeness (QED) is 0.398. The average molecular weight is 423 g/mol. The number of aromatic nitrogens is 4. The van der Waals surface area contributed by atoms with Gasteiger partial charge in [0.15, 0.2) is 5.65 Å². The van der Waals surface area contributed by atoms with Crippen molar-refractivity contribution in [3.63, 3.8) is 0 Å². The molecule has 3 heterocycles. The Morgan fingerprint density at radius 3 is 2.25 bits per heavy atom. The molecule has 0 radical (unpaired) electrons. The highest BCUT2D eigenvalue weighted by Gasteiger charge is 2.20. The molecule has 0 aliphatic heterocycles. The third kappa shape index (κ3) is 3.65. The van der Waals surface area contributed by atoms with Gasteiger partial charge in [0.2, 0.25) is 0 Å². The van der Waals surface area contributed by atoms with Crippen molar-refractivity contribution in [3.8, 4) is 22.5 Å². The number of amides is 1. The van der Waals surface area contributed by atoms with Gasteiger partial charge in [-0.15, -0.1) is 0 Å². The molecule has 0 atom stereocenters. The molecule has 7 nitrogen and oxygen atoms in total. The van der Waals surface area contributed by atoms with Crippen LogP contribution in [0.5, 0.6) is 0 Å². The van der Waals surface area contributed by atoms with Gasteiger partial charge in [-0.3, -0.25) is 10.1 Å². The second-order valence-electron chi connectivity index (χ2n) is 7.70. The van der Waals surface area contributed by atoms with Crippen LogP contribution in [0, 0.1) is 0 Å². The van der Waals surface area contributed by atoms with Gasteiger partial charge in [-0.25, -0.2) is 9.67 Å². The molecule has 1 N–H and O–H groups in total. The van der Waals surface area contributed by atoms with Gasteiger partial charge in [-0.1, -0.05) is 60.7 Å². The highest BCUT2D eigenvalue weighted by Crippen LogP contribution is 2.27. The largest absolute Gasteiger partial charge is 0.431 e. The molecule has 0 saturated heterocycles. The molecule has 0 saturated carbocycles. The summed E-state index contributed by atoms with van der Waals surface area (Å²) in [5, 5.41) is 7.91. The van der Waals surface area contributed by atoms with Crippen molar-refractivity contribution in [2.45, 2.75) is 19.9 Å². The van der Waals surface area contributed by atoms with E-state index in [0.29, 0.717) is 28.0 Å². The molecule has 0 aliphatic carbocycles. The molecular weight excluding hydrogens is 402 g/mol. The zero-order valence-electron chi connectivity index (χ0n) is 17.7. The fraction of sp³-hybridized carbons (Fsp3) is 0.120. The number of carbonyl (C=O) groups is 1. The van der Waals surface area contributed by atoms with E-state index in [0.717, 1.165) is 11.1 Å². The lowest BCUT2D eigenvalue weighted by Crippen LogP contribution is -2.13. The molecular formula is C25H21N5O2. The van der Waals surface area contributed by atoms with Crippen molar-refractivity contribution in [3.05, 3.63) is 84.8 Å². The molecule has 5 rings (SSSR count). The maximum absolute atomic E-state index is 13.3. The van der Waals surface area contributed by atoms with Crippen LogP contribution in [0.1, 0.15) is 30.2 Å². The van der Waals surface area contributed by atoms with Crippen LogP contribution in [0.4, 0.5) is 6.01 Å². The lowest BCUT2D eigenvalue weighted by atomic mass is 10.1. The summed E-state index contributed by atoms with van der Waals surface area (Å²) in [6.07, 6.45) is 3.20. The molecule has 0 unspecified atom stereocenters. The van der Waals surface area contributed by atoms with Crippen molar-refractivity contribution >= 4 is 23.0 Å². The molecule has 5 aromatic rings.